The Morgan fingerprint density at radius 3 is 3.00 bits per heavy atom. The minimum atomic E-state index is -0.341. The van der Waals surface area contributed by atoms with Gasteiger partial charge in [0.1, 0.15) is 5.00 Å². The molecule has 6 nitrogen and oxygen atoms in total. The van der Waals surface area contributed by atoms with Gasteiger partial charge in [0.25, 0.3) is 0 Å². The number of carbonyl (C=O) groups is 2. The summed E-state index contributed by atoms with van der Waals surface area (Å²) in [5.74, 6) is 0.354. The molecule has 2 heterocycles. The predicted octanol–water partition coefficient (Wildman–Crippen LogP) is 3.51. The number of aryl methyl sites for hydroxylation is 1. The summed E-state index contributed by atoms with van der Waals surface area (Å²) < 4.78 is 7.10. The molecule has 0 saturated carbocycles. The molecule has 1 atom stereocenters. The van der Waals surface area contributed by atoms with Crippen molar-refractivity contribution in [1.82, 2.24) is 9.55 Å². The summed E-state index contributed by atoms with van der Waals surface area (Å²) in [5.41, 5.74) is 1.60. The maximum absolute atomic E-state index is 12.5. The number of fused-ring (bicyclic) bond motifs is 1. The first kappa shape index (κ1) is 19.0. The lowest BCUT2D eigenvalue weighted by molar-refractivity contribution is -0.113. The molecular formula is C18H23N3O3S2. The molecule has 140 valence electrons. The summed E-state index contributed by atoms with van der Waals surface area (Å²) in [5, 5.41) is 4.33. The van der Waals surface area contributed by atoms with E-state index in [4.69, 9.17) is 4.74 Å². The number of hydrogen-bond donors (Lipinski definition) is 1. The number of rotatable bonds is 6. The average Bonchev–Trinajstić information content (AvgIpc) is 3.15. The molecule has 0 aliphatic heterocycles. The van der Waals surface area contributed by atoms with E-state index in [9.17, 15) is 9.59 Å². The molecule has 26 heavy (non-hydrogen) atoms. The minimum Gasteiger partial charge on any atom is -0.462 e. The lowest BCUT2D eigenvalue weighted by Crippen LogP contribution is -2.18. The van der Waals surface area contributed by atoms with Crippen LogP contribution in [0.1, 0.15) is 41.1 Å². The zero-order valence-corrected chi connectivity index (χ0v) is 16.8. The van der Waals surface area contributed by atoms with Gasteiger partial charge in [0.2, 0.25) is 5.91 Å². The SMILES string of the molecule is CCOC(=O)c1c(NC(=O)CSc2nccn2C)sc2c1CCC(C)C2. The zero-order chi connectivity index (χ0) is 18.7. The first-order valence-corrected chi connectivity index (χ1v) is 10.5. The minimum absolute atomic E-state index is 0.143. The highest BCUT2D eigenvalue weighted by atomic mass is 32.2. The second kappa shape index (κ2) is 8.26. The quantitative estimate of drug-likeness (QED) is 0.600. The Kier molecular flexibility index (Phi) is 6.03. The monoisotopic (exact) mass is 393 g/mol. The summed E-state index contributed by atoms with van der Waals surface area (Å²) in [6, 6.07) is 0. The Labute approximate surface area is 161 Å². The van der Waals surface area contributed by atoms with Gasteiger partial charge < -0.3 is 14.6 Å². The largest absolute Gasteiger partial charge is 0.462 e. The van der Waals surface area contributed by atoms with Gasteiger partial charge in [-0.3, -0.25) is 4.79 Å². The molecule has 0 aromatic carbocycles. The Morgan fingerprint density at radius 1 is 1.50 bits per heavy atom. The van der Waals surface area contributed by atoms with Crippen LogP contribution in [-0.2, 0) is 29.4 Å². The highest BCUT2D eigenvalue weighted by Gasteiger charge is 2.29. The van der Waals surface area contributed by atoms with Gasteiger partial charge in [0.05, 0.1) is 17.9 Å². The topological polar surface area (TPSA) is 73.2 Å². The first-order valence-electron chi connectivity index (χ1n) is 8.71. The number of esters is 1. The first-order chi connectivity index (χ1) is 12.5. The van der Waals surface area contributed by atoms with Crippen molar-refractivity contribution >= 4 is 40.0 Å². The molecule has 0 spiro atoms. The number of nitrogens with one attached hydrogen (secondary N) is 1. The highest BCUT2D eigenvalue weighted by molar-refractivity contribution is 7.99. The van der Waals surface area contributed by atoms with Crippen LogP contribution in [0.15, 0.2) is 17.6 Å². The molecule has 2 aromatic rings. The molecule has 0 bridgehead atoms. The van der Waals surface area contributed by atoms with Gasteiger partial charge in [-0.15, -0.1) is 11.3 Å². The summed E-state index contributed by atoms with van der Waals surface area (Å²) in [7, 11) is 1.89. The third-order valence-corrected chi connectivity index (χ3v) is 6.58. The van der Waals surface area contributed by atoms with Crippen LogP contribution in [0.5, 0.6) is 0 Å². The molecule has 1 amide bonds. The van der Waals surface area contributed by atoms with E-state index in [0.717, 1.165) is 30.0 Å². The van der Waals surface area contributed by atoms with E-state index in [1.807, 2.05) is 17.8 Å². The number of imidazole rings is 1. The number of carbonyl (C=O) groups excluding carboxylic acids is 2. The summed E-state index contributed by atoms with van der Waals surface area (Å²) >= 11 is 2.88. The average molecular weight is 394 g/mol. The van der Waals surface area contributed by atoms with Gasteiger partial charge in [-0.05, 0) is 37.7 Å². The predicted molar refractivity (Wildman–Crippen MR) is 104 cm³/mol. The van der Waals surface area contributed by atoms with Gasteiger partial charge in [-0.1, -0.05) is 18.7 Å². The molecule has 0 radical (unpaired) electrons. The lowest BCUT2D eigenvalue weighted by Gasteiger charge is -2.18. The zero-order valence-electron chi connectivity index (χ0n) is 15.2. The number of amides is 1. The van der Waals surface area contributed by atoms with Crippen molar-refractivity contribution in [3.8, 4) is 0 Å². The van der Waals surface area contributed by atoms with Gasteiger partial charge in [-0.25, -0.2) is 9.78 Å². The Hall–Kier alpha value is -1.80. The second-order valence-electron chi connectivity index (χ2n) is 6.43. The fourth-order valence-electron chi connectivity index (χ4n) is 3.04. The van der Waals surface area contributed by atoms with Crippen molar-refractivity contribution in [1.29, 1.82) is 0 Å². The molecule has 1 N–H and O–H groups in total. The number of anilines is 1. The number of hydrogen-bond acceptors (Lipinski definition) is 6. The number of ether oxygens (including phenoxy) is 1. The molecular weight excluding hydrogens is 370 g/mol. The van der Waals surface area contributed by atoms with Crippen LogP contribution in [0.2, 0.25) is 0 Å². The Balaban J connectivity index is 1.76. The van der Waals surface area contributed by atoms with E-state index in [0.29, 0.717) is 23.1 Å². The summed E-state index contributed by atoms with van der Waals surface area (Å²) in [6.45, 7) is 4.33. The molecule has 1 aliphatic rings. The Morgan fingerprint density at radius 2 is 2.31 bits per heavy atom. The number of thioether (sulfide) groups is 1. The molecule has 0 fully saturated rings. The van der Waals surface area contributed by atoms with Crippen molar-refractivity contribution in [2.75, 3.05) is 17.7 Å². The molecule has 8 heteroatoms. The smallest absolute Gasteiger partial charge is 0.341 e. The molecule has 2 aromatic heterocycles. The van der Waals surface area contributed by atoms with Gasteiger partial charge in [0, 0.05) is 24.3 Å². The number of thiophene rings is 1. The van der Waals surface area contributed by atoms with Crippen LogP contribution in [0, 0.1) is 5.92 Å². The maximum Gasteiger partial charge on any atom is 0.341 e. The molecule has 0 saturated heterocycles. The van der Waals surface area contributed by atoms with E-state index >= 15 is 0 Å². The third-order valence-electron chi connectivity index (χ3n) is 4.35. The maximum atomic E-state index is 12.5. The fraction of sp³-hybridized carbons (Fsp3) is 0.500. The van der Waals surface area contributed by atoms with Gasteiger partial charge >= 0.3 is 5.97 Å². The van der Waals surface area contributed by atoms with E-state index in [1.54, 1.807) is 13.1 Å². The second-order valence-corrected chi connectivity index (χ2v) is 8.48. The molecule has 1 aliphatic carbocycles. The highest BCUT2D eigenvalue weighted by Crippen LogP contribution is 2.40. The fourth-order valence-corrected chi connectivity index (χ4v) is 5.19. The van der Waals surface area contributed by atoms with Crippen molar-refractivity contribution in [3.05, 3.63) is 28.4 Å². The van der Waals surface area contributed by atoms with E-state index in [1.165, 1.54) is 28.0 Å². The van der Waals surface area contributed by atoms with Crippen LogP contribution < -0.4 is 5.32 Å². The Bertz CT molecular complexity index is 813. The summed E-state index contributed by atoms with van der Waals surface area (Å²) in [4.78, 5) is 30.3. The normalized spacial score (nSPS) is 16.2. The van der Waals surface area contributed by atoms with Gasteiger partial charge in [0.15, 0.2) is 5.16 Å². The van der Waals surface area contributed by atoms with E-state index < -0.39 is 0 Å². The van der Waals surface area contributed by atoms with Gasteiger partial charge in [-0.2, -0.15) is 0 Å². The summed E-state index contributed by atoms with van der Waals surface area (Å²) in [6.07, 6.45) is 6.41. The van der Waals surface area contributed by atoms with Crippen molar-refractivity contribution in [3.63, 3.8) is 0 Å². The standard InChI is InChI=1S/C18H23N3O3S2/c1-4-24-17(23)15-12-6-5-11(2)9-13(12)26-16(15)20-14(22)10-25-18-19-7-8-21(18)3/h7-8,11H,4-6,9-10H2,1-3H3,(H,20,22). The van der Waals surface area contributed by atoms with Crippen LogP contribution in [-0.4, -0.2) is 33.8 Å². The van der Waals surface area contributed by atoms with Crippen molar-refractivity contribution < 1.29 is 14.3 Å². The number of aromatic nitrogens is 2. The van der Waals surface area contributed by atoms with E-state index in [2.05, 4.69) is 17.2 Å². The van der Waals surface area contributed by atoms with Crippen LogP contribution >= 0.6 is 23.1 Å². The number of nitrogens with zero attached hydrogens (tertiary/aromatic N) is 2. The third kappa shape index (κ3) is 4.12. The van der Waals surface area contributed by atoms with Crippen molar-refractivity contribution in [2.24, 2.45) is 13.0 Å². The van der Waals surface area contributed by atoms with Crippen LogP contribution in [0.4, 0.5) is 5.00 Å². The van der Waals surface area contributed by atoms with Crippen LogP contribution in [0.25, 0.3) is 0 Å². The van der Waals surface area contributed by atoms with E-state index in [-0.39, 0.29) is 17.6 Å². The lowest BCUT2D eigenvalue weighted by atomic mass is 9.88. The molecule has 1 unspecified atom stereocenters. The molecule has 3 rings (SSSR count). The van der Waals surface area contributed by atoms with Crippen LogP contribution in [0.3, 0.4) is 0 Å². The van der Waals surface area contributed by atoms with Crippen molar-refractivity contribution in [2.45, 2.75) is 38.3 Å².